The molecule has 2 aliphatic heterocycles. The number of carboxylic acids is 1. The maximum Gasteiger partial charge on any atom is 0.335 e. The van der Waals surface area contributed by atoms with Crippen molar-refractivity contribution in [1.82, 2.24) is 0 Å². The van der Waals surface area contributed by atoms with E-state index in [1.54, 1.807) is 13.8 Å². The molecule has 0 amide bonds. The van der Waals surface area contributed by atoms with E-state index in [1.165, 1.54) is 7.11 Å². The van der Waals surface area contributed by atoms with Gasteiger partial charge in [0.2, 0.25) is 0 Å². The zero-order valence-electron chi connectivity index (χ0n) is 8.80. The molecule has 0 aromatic carbocycles. The summed E-state index contributed by atoms with van der Waals surface area (Å²) >= 11 is 0. The molecular formula is C9H14O6. The van der Waals surface area contributed by atoms with Gasteiger partial charge in [0, 0.05) is 7.11 Å². The Bertz CT molecular complexity index is 276. The molecule has 86 valence electrons. The maximum absolute atomic E-state index is 10.9. The molecule has 2 aliphatic rings. The van der Waals surface area contributed by atoms with Gasteiger partial charge >= 0.3 is 5.97 Å². The number of fused-ring (bicyclic) bond motifs is 1. The van der Waals surface area contributed by atoms with E-state index < -0.39 is 36.4 Å². The van der Waals surface area contributed by atoms with Gasteiger partial charge in [-0.15, -0.1) is 0 Å². The summed E-state index contributed by atoms with van der Waals surface area (Å²) in [5, 5.41) is 8.93. The molecule has 0 saturated carbocycles. The predicted molar refractivity (Wildman–Crippen MR) is 47.1 cm³/mol. The van der Waals surface area contributed by atoms with Gasteiger partial charge in [-0.25, -0.2) is 4.79 Å². The van der Waals surface area contributed by atoms with E-state index in [4.69, 9.17) is 24.1 Å². The van der Waals surface area contributed by atoms with Crippen LogP contribution in [-0.2, 0) is 23.7 Å². The Hall–Kier alpha value is -0.690. The molecule has 0 radical (unpaired) electrons. The first kappa shape index (κ1) is 10.8. The monoisotopic (exact) mass is 218 g/mol. The number of carboxylic acid groups (broad SMARTS) is 1. The lowest BCUT2D eigenvalue weighted by Gasteiger charge is -2.22. The third-order valence-corrected chi connectivity index (χ3v) is 2.49. The van der Waals surface area contributed by atoms with Crippen LogP contribution in [0.1, 0.15) is 13.8 Å². The molecule has 0 aromatic rings. The van der Waals surface area contributed by atoms with Gasteiger partial charge in [0.15, 0.2) is 18.2 Å². The zero-order chi connectivity index (χ0) is 11.2. The Balaban J connectivity index is 2.19. The quantitative estimate of drug-likeness (QED) is 0.701. The molecular weight excluding hydrogens is 204 g/mol. The summed E-state index contributed by atoms with van der Waals surface area (Å²) in [6.45, 7) is 3.47. The fourth-order valence-electron chi connectivity index (χ4n) is 1.95. The minimum Gasteiger partial charge on any atom is -0.479 e. The highest BCUT2D eigenvalue weighted by molar-refractivity contribution is 5.73. The molecule has 2 heterocycles. The van der Waals surface area contributed by atoms with Crippen LogP contribution in [-0.4, -0.2) is 48.6 Å². The molecule has 0 spiro atoms. The lowest BCUT2D eigenvalue weighted by Crippen LogP contribution is -2.35. The molecule has 2 fully saturated rings. The fraction of sp³-hybridized carbons (Fsp3) is 0.889. The number of methoxy groups -OCH3 is 1. The van der Waals surface area contributed by atoms with Gasteiger partial charge in [-0.2, -0.15) is 0 Å². The Labute approximate surface area is 87.1 Å². The first-order valence-electron chi connectivity index (χ1n) is 4.71. The topological polar surface area (TPSA) is 74.2 Å². The van der Waals surface area contributed by atoms with Crippen LogP contribution in [0.2, 0.25) is 0 Å². The van der Waals surface area contributed by atoms with E-state index >= 15 is 0 Å². The second-order valence-electron chi connectivity index (χ2n) is 4.06. The highest BCUT2D eigenvalue weighted by Gasteiger charge is 2.57. The smallest absolute Gasteiger partial charge is 0.335 e. The summed E-state index contributed by atoms with van der Waals surface area (Å²) in [6.07, 6.45) is -2.80. The molecule has 0 aliphatic carbocycles. The third-order valence-electron chi connectivity index (χ3n) is 2.49. The van der Waals surface area contributed by atoms with Gasteiger partial charge in [-0.05, 0) is 13.8 Å². The summed E-state index contributed by atoms with van der Waals surface area (Å²) < 4.78 is 21.2. The van der Waals surface area contributed by atoms with Crippen molar-refractivity contribution in [3.05, 3.63) is 0 Å². The molecule has 15 heavy (non-hydrogen) atoms. The normalized spacial score (nSPS) is 42.9. The number of ether oxygens (including phenoxy) is 4. The van der Waals surface area contributed by atoms with Crippen LogP contribution in [0.25, 0.3) is 0 Å². The van der Waals surface area contributed by atoms with Gasteiger partial charge < -0.3 is 24.1 Å². The van der Waals surface area contributed by atoms with Crippen molar-refractivity contribution in [2.45, 2.75) is 44.2 Å². The van der Waals surface area contributed by atoms with Crippen molar-refractivity contribution < 1.29 is 28.8 Å². The fourth-order valence-corrected chi connectivity index (χ4v) is 1.95. The van der Waals surface area contributed by atoms with Gasteiger partial charge in [0.25, 0.3) is 0 Å². The van der Waals surface area contributed by atoms with Crippen molar-refractivity contribution in [2.24, 2.45) is 0 Å². The SMILES string of the molecule is COC1OC(C(=O)O)[C@H]2OC(C)(C)O[C@@H]12. The lowest BCUT2D eigenvalue weighted by molar-refractivity contribution is -0.229. The summed E-state index contributed by atoms with van der Waals surface area (Å²) in [7, 11) is 1.45. The van der Waals surface area contributed by atoms with Gasteiger partial charge in [0.1, 0.15) is 12.2 Å². The van der Waals surface area contributed by atoms with Crippen LogP contribution < -0.4 is 0 Å². The molecule has 2 rings (SSSR count). The van der Waals surface area contributed by atoms with Gasteiger partial charge in [-0.3, -0.25) is 0 Å². The molecule has 0 aromatic heterocycles. The van der Waals surface area contributed by atoms with Crippen molar-refractivity contribution in [1.29, 1.82) is 0 Å². The summed E-state index contributed by atoms with van der Waals surface area (Å²) in [5.41, 5.74) is 0. The van der Waals surface area contributed by atoms with E-state index in [0.29, 0.717) is 0 Å². The Morgan fingerprint density at radius 3 is 2.47 bits per heavy atom. The number of rotatable bonds is 2. The predicted octanol–water partition coefficient (Wildman–Crippen LogP) is -0.0376. The van der Waals surface area contributed by atoms with Crippen LogP contribution in [0.5, 0.6) is 0 Å². The number of aliphatic carboxylic acids is 1. The van der Waals surface area contributed by atoms with Crippen molar-refractivity contribution >= 4 is 5.97 Å². The number of hydrogen-bond acceptors (Lipinski definition) is 5. The molecule has 0 bridgehead atoms. The summed E-state index contributed by atoms with van der Waals surface area (Å²) in [6, 6.07) is 0. The van der Waals surface area contributed by atoms with Crippen LogP contribution >= 0.6 is 0 Å². The highest BCUT2D eigenvalue weighted by atomic mass is 16.8. The Morgan fingerprint density at radius 1 is 1.33 bits per heavy atom. The Morgan fingerprint density at radius 2 is 1.93 bits per heavy atom. The third kappa shape index (κ3) is 1.74. The van der Waals surface area contributed by atoms with E-state index in [9.17, 15) is 4.79 Å². The second kappa shape index (κ2) is 3.41. The van der Waals surface area contributed by atoms with Crippen molar-refractivity contribution in [3.8, 4) is 0 Å². The summed E-state index contributed by atoms with van der Waals surface area (Å²) in [4.78, 5) is 10.9. The number of hydrogen-bond donors (Lipinski definition) is 1. The number of carbonyl (C=O) groups is 1. The van der Waals surface area contributed by atoms with Crippen LogP contribution in [0.3, 0.4) is 0 Å². The molecule has 2 unspecified atom stereocenters. The van der Waals surface area contributed by atoms with E-state index in [2.05, 4.69) is 0 Å². The second-order valence-corrected chi connectivity index (χ2v) is 4.06. The van der Waals surface area contributed by atoms with Crippen molar-refractivity contribution in [3.63, 3.8) is 0 Å². The zero-order valence-corrected chi connectivity index (χ0v) is 8.80. The first-order chi connectivity index (χ1) is 6.94. The van der Waals surface area contributed by atoms with Crippen molar-refractivity contribution in [2.75, 3.05) is 7.11 Å². The molecule has 6 nitrogen and oxygen atoms in total. The minimum atomic E-state index is -1.06. The van der Waals surface area contributed by atoms with E-state index in [-0.39, 0.29) is 0 Å². The molecule has 2 saturated heterocycles. The average Bonchev–Trinajstić information content (AvgIpc) is 2.57. The standard InChI is InChI=1S/C9H14O6/c1-9(2)14-4-5(7(10)11)13-8(12-3)6(4)15-9/h4-6,8H,1-3H3,(H,10,11)/t4-,5?,6-,8?/m1/s1. The average molecular weight is 218 g/mol. The highest BCUT2D eigenvalue weighted by Crippen LogP contribution is 2.38. The van der Waals surface area contributed by atoms with Crippen LogP contribution in [0, 0.1) is 0 Å². The van der Waals surface area contributed by atoms with Gasteiger partial charge in [0.05, 0.1) is 0 Å². The molecule has 4 atom stereocenters. The van der Waals surface area contributed by atoms with Crippen LogP contribution in [0.15, 0.2) is 0 Å². The molecule has 6 heteroatoms. The maximum atomic E-state index is 10.9. The van der Waals surface area contributed by atoms with Crippen LogP contribution in [0.4, 0.5) is 0 Å². The largest absolute Gasteiger partial charge is 0.479 e. The lowest BCUT2D eigenvalue weighted by atomic mass is 10.1. The van der Waals surface area contributed by atoms with E-state index in [1.807, 2.05) is 0 Å². The molecule has 1 N–H and O–H groups in total. The Kier molecular flexibility index (Phi) is 2.46. The summed E-state index contributed by atoms with van der Waals surface area (Å²) in [5.74, 6) is -1.85. The minimum absolute atomic E-state index is 0.480. The van der Waals surface area contributed by atoms with Gasteiger partial charge in [-0.1, -0.05) is 0 Å². The van der Waals surface area contributed by atoms with E-state index in [0.717, 1.165) is 0 Å². The first-order valence-corrected chi connectivity index (χ1v) is 4.71.